The Morgan fingerprint density at radius 2 is 1.63 bits per heavy atom. The van der Waals surface area contributed by atoms with Gasteiger partial charge in [-0.25, -0.2) is 0 Å². The smallest absolute Gasteiger partial charge is 0.255 e. The van der Waals surface area contributed by atoms with Crippen molar-refractivity contribution in [1.29, 1.82) is 0 Å². The number of rotatable bonds is 3. The van der Waals surface area contributed by atoms with Gasteiger partial charge in [0.25, 0.3) is 5.91 Å². The molecule has 2 amide bonds. The first kappa shape index (κ1) is 18.5. The Kier molecular flexibility index (Phi) is 5.25. The zero-order valence-corrected chi connectivity index (χ0v) is 16.5. The highest BCUT2D eigenvalue weighted by Gasteiger charge is 2.50. The van der Waals surface area contributed by atoms with Crippen LogP contribution in [-0.4, -0.2) is 34.3 Å². The van der Waals surface area contributed by atoms with E-state index in [4.69, 9.17) is 0 Å². The number of carbonyl (C=O) groups excluding carboxylic acids is 2. The van der Waals surface area contributed by atoms with E-state index in [-0.39, 0.29) is 23.9 Å². The van der Waals surface area contributed by atoms with Crippen LogP contribution in [0.25, 0.3) is 0 Å². The second-order valence-electron chi connectivity index (χ2n) is 8.88. The molecule has 1 aromatic carbocycles. The predicted octanol–water partition coefficient (Wildman–Crippen LogP) is 4.23. The average Bonchev–Trinajstić information content (AvgIpc) is 3.05. The maximum Gasteiger partial charge on any atom is 0.255 e. The molecule has 27 heavy (non-hydrogen) atoms. The van der Waals surface area contributed by atoms with Crippen LogP contribution < -0.4 is 5.32 Å². The summed E-state index contributed by atoms with van der Waals surface area (Å²) in [7, 11) is 0. The molecule has 4 nitrogen and oxygen atoms in total. The highest BCUT2D eigenvalue weighted by molar-refractivity contribution is 6.02. The van der Waals surface area contributed by atoms with Crippen molar-refractivity contribution in [2.45, 2.75) is 95.2 Å². The minimum atomic E-state index is -0.785. The first-order chi connectivity index (χ1) is 13.1. The van der Waals surface area contributed by atoms with Crippen molar-refractivity contribution < 1.29 is 9.59 Å². The zero-order valence-electron chi connectivity index (χ0n) is 16.5. The van der Waals surface area contributed by atoms with Crippen LogP contribution in [0.5, 0.6) is 0 Å². The maximum absolute atomic E-state index is 13.5. The molecule has 0 saturated heterocycles. The van der Waals surface area contributed by atoms with Crippen LogP contribution in [0.4, 0.5) is 0 Å². The standard InChI is InChI=1S/C23H32N2O2/c1-23(22(27)24-18-11-4-2-3-5-12-18)16-17-10-6-9-15-20(17)21(26)25(23)19-13-7-8-14-19/h6,9-10,15,18-19H,2-5,7-8,11-14,16H2,1H3,(H,24,27)/t23-/m1/s1. The van der Waals surface area contributed by atoms with Crippen LogP contribution >= 0.6 is 0 Å². The molecule has 0 radical (unpaired) electrons. The third-order valence-corrected chi connectivity index (χ3v) is 6.90. The normalized spacial score (nSPS) is 27.3. The first-order valence-electron chi connectivity index (χ1n) is 10.8. The highest BCUT2D eigenvalue weighted by Crippen LogP contribution is 2.37. The lowest BCUT2D eigenvalue weighted by Gasteiger charge is -2.47. The number of amides is 2. The number of nitrogens with zero attached hydrogens (tertiary/aromatic N) is 1. The average molecular weight is 369 g/mol. The fraction of sp³-hybridized carbons (Fsp3) is 0.652. The van der Waals surface area contributed by atoms with E-state index in [1.165, 1.54) is 25.7 Å². The molecule has 4 rings (SSSR count). The molecule has 1 aromatic rings. The van der Waals surface area contributed by atoms with Gasteiger partial charge in [-0.3, -0.25) is 9.59 Å². The summed E-state index contributed by atoms with van der Waals surface area (Å²) in [5.41, 5.74) is 1.01. The fourth-order valence-electron chi connectivity index (χ4n) is 5.38. The second-order valence-corrected chi connectivity index (χ2v) is 8.88. The molecule has 2 saturated carbocycles. The van der Waals surface area contributed by atoms with Crippen LogP contribution in [0.1, 0.15) is 87.1 Å². The van der Waals surface area contributed by atoms with Gasteiger partial charge in [0, 0.05) is 24.1 Å². The Morgan fingerprint density at radius 1 is 1.00 bits per heavy atom. The van der Waals surface area contributed by atoms with Gasteiger partial charge in [-0.2, -0.15) is 0 Å². The third kappa shape index (κ3) is 3.51. The van der Waals surface area contributed by atoms with Gasteiger partial charge in [0.15, 0.2) is 0 Å². The summed E-state index contributed by atoms with van der Waals surface area (Å²) in [5, 5.41) is 3.34. The van der Waals surface area contributed by atoms with Gasteiger partial charge < -0.3 is 10.2 Å². The minimum absolute atomic E-state index is 0.0438. The summed E-state index contributed by atoms with van der Waals surface area (Å²) in [6.45, 7) is 1.99. The second kappa shape index (κ2) is 7.65. The number of fused-ring (bicyclic) bond motifs is 1. The van der Waals surface area contributed by atoms with E-state index in [2.05, 4.69) is 5.32 Å². The highest BCUT2D eigenvalue weighted by atomic mass is 16.2. The summed E-state index contributed by atoms with van der Waals surface area (Å²) in [4.78, 5) is 28.9. The lowest BCUT2D eigenvalue weighted by molar-refractivity contribution is -0.133. The molecular formula is C23H32N2O2. The lowest BCUT2D eigenvalue weighted by Crippen LogP contribution is -2.65. The van der Waals surface area contributed by atoms with Crippen molar-refractivity contribution in [2.24, 2.45) is 0 Å². The van der Waals surface area contributed by atoms with Crippen molar-refractivity contribution in [1.82, 2.24) is 10.2 Å². The van der Waals surface area contributed by atoms with E-state index >= 15 is 0 Å². The molecule has 1 N–H and O–H groups in total. The maximum atomic E-state index is 13.5. The molecule has 0 bridgehead atoms. The summed E-state index contributed by atoms with van der Waals surface area (Å²) in [6.07, 6.45) is 12.0. The predicted molar refractivity (Wildman–Crippen MR) is 107 cm³/mol. The molecule has 2 aliphatic carbocycles. The molecule has 2 fully saturated rings. The number of carbonyl (C=O) groups is 2. The van der Waals surface area contributed by atoms with E-state index in [1.54, 1.807) is 0 Å². The summed E-state index contributed by atoms with van der Waals surface area (Å²) < 4.78 is 0. The fourth-order valence-corrected chi connectivity index (χ4v) is 5.38. The Bertz CT molecular complexity index is 702. The molecule has 0 aromatic heterocycles. The molecular weight excluding hydrogens is 336 g/mol. The largest absolute Gasteiger partial charge is 0.351 e. The topological polar surface area (TPSA) is 49.4 Å². The van der Waals surface area contributed by atoms with Crippen molar-refractivity contribution in [3.63, 3.8) is 0 Å². The van der Waals surface area contributed by atoms with Crippen LogP contribution in [0, 0.1) is 0 Å². The van der Waals surface area contributed by atoms with Gasteiger partial charge >= 0.3 is 0 Å². The molecule has 3 aliphatic rings. The third-order valence-electron chi connectivity index (χ3n) is 6.90. The van der Waals surface area contributed by atoms with Gasteiger partial charge in [-0.1, -0.05) is 56.7 Å². The van der Waals surface area contributed by atoms with Crippen molar-refractivity contribution in [3.8, 4) is 0 Å². The number of nitrogens with one attached hydrogen (secondary N) is 1. The number of hydrogen-bond acceptors (Lipinski definition) is 2. The van der Waals surface area contributed by atoms with Crippen LogP contribution in [0.3, 0.4) is 0 Å². The Balaban J connectivity index is 1.64. The van der Waals surface area contributed by atoms with Gasteiger partial charge in [0.1, 0.15) is 5.54 Å². The molecule has 0 unspecified atom stereocenters. The van der Waals surface area contributed by atoms with E-state index in [0.717, 1.165) is 49.7 Å². The minimum Gasteiger partial charge on any atom is -0.351 e. The SMILES string of the molecule is C[C@]1(C(=O)NC2CCCCCC2)Cc2ccccc2C(=O)N1C1CCCC1. The molecule has 1 aliphatic heterocycles. The van der Waals surface area contributed by atoms with E-state index in [0.29, 0.717) is 6.42 Å². The van der Waals surface area contributed by atoms with E-state index < -0.39 is 5.54 Å². The number of benzene rings is 1. The Labute approximate surface area is 162 Å². The van der Waals surface area contributed by atoms with Gasteiger partial charge in [0.05, 0.1) is 0 Å². The van der Waals surface area contributed by atoms with Gasteiger partial charge in [-0.15, -0.1) is 0 Å². The van der Waals surface area contributed by atoms with Gasteiger partial charge in [0.2, 0.25) is 5.91 Å². The Hall–Kier alpha value is -1.84. The van der Waals surface area contributed by atoms with Crippen LogP contribution in [-0.2, 0) is 11.2 Å². The summed E-state index contributed by atoms with van der Waals surface area (Å²) in [5.74, 6) is 0.0893. The van der Waals surface area contributed by atoms with Crippen LogP contribution in [0.15, 0.2) is 24.3 Å². The van der Waals surface area contributed by atoms with Gasteiger partial charge in [-0.05, 0) is 44.2 Å². The molecule has 1 atom stereocenters. The lowest BCUT2D eigenvalue weighted by atomic mass is 9.81. The zero-order chi connectivity index (χ0) is 18.9. The summed E-state index contributed by atoms with van der Waals surface area (Å²) in [6, 6.07) is 8.28. The van der Waals surface area contributed by atoms with Crippen LogP contribution in [0.2, 0.25) is 0 Å². The quantitative estimate of drug-likeness (QED) is 0.812. The van der Waals surface area contributed by atoms with Crippen molar-refractivity contribution >= 4 is 11.8 Å². The summed E-state index contributed by atoms with van der Waals surface area (Å²) >= 11 is 0. The Morgan fingerprint density at radius 3 is 2.33 bits per heavy atom. The van der Waals surface area contributed by atoms with Crippen molar-refractivity contribution in [2.75, 3.05) is 0 Å². The molecule has 1 heterocycles. The molecule has 4 heteroatoms. The molecule has 146 valence electrons. The van der Waals surface area contributed by atoms with E-state index in [9.17, 15) is 9.59 Å². The number of hydrogen-bond donors (Lipinski definition) is 1. The monoisotopic (exact) mass is 368 g/mol. The first-order valence-corrected chi connectivity index (χ1v) is 10.8. The van der Waals surface area contributed by atoms with Crippen molar-refractivity contribution in [3.05, 3.63) is 35.4 Å². The van der Waals surface area contributed by atoms with E-state index in [1.807, 2.05) is 36.1 Å². The molecule has 0 spiro atoms.